The summed E-state index contributed by atoms with van der Waals surface area (Å²) in [5.74, 6) is -0.559. The number of aryl methyl sites for hydroxylation is 1. The van der Waals surface area contributed by atoms with Gasteiger partial charge in [-0.25, -0.2) is 0 Å². The molecule has 0 atom stereocenters. The molecule has 0 aliphatic rings. The van der Waals surface area contributed by atoms with Crippen LogP contribution in [0.4, 0.5) is 0 Å². The van der Waals surface area contributed by atoms with Gasteiger partial charge in [-0.3, -0.25) is 4.79 Å². The van der Waals surface area contributed by atoms with Crippen molar-refractivity contribution in [2.75, 3.05) is 0 Å². The van der Waals surface area contributed by atoms with Gasteiger partial charge in [-0.05, 0) is 22.8 Å². The number of nitrogens with zero attached hydrogens (tertiary/aromatic N) is 4. The monoisotopic (exact) mass is 200 g/mol. The third-order valence-electron chi connectivity index (χ3n) is 2.31. The first kappa shape index (κ1) is 9.30. The van der Waals surface area contributed by atoms with Crippen molar-refractivity contribution in [3.05, 3.63) is 46.5 Å². The Kier molecular flexibility index (Phi) is 2.15. The van der Waals surface area contributed by atoms with Crippen molar-refractivity contribution < 1.29 is 4.79 Å². The SMILES string of the molecule is Cn1c(C(=O)N=[N+]=[N-])cc2ccccc21. The van der Waals surface area contributed by atoms with Crippen LogP contribution in [0.3, 0.4) is 0 Å². The zero-order valence-corrected chi connectivity index (χ0v) is 8.08. The molecule has 1 heterocycles. The predicted molar refractivity (Wildman–Crippen MR) is 56.4 cm³/mol. The van der Waals surface area contributed by atoms with E-state index in [0.29, 0.717) is 5.69 Å². The van der Waals surface area contributed by atoms with Gasteiger partial charge in [0.1, 0.15) is 0 Å². The lowest BCUT2D eigenvalue weighted by atomic mass is 10.2. The molecule has 1 aromatic carbocycles. The van der Waals surface area contributed by atoms with E-state index in [4.69, 9.17) is 5.53 Å². The van der Waals surface area contributed by atoms with Crippen molar-refractivity contribution in [3.63, 3.8) is 0 Å². The summed E-state index contributed by atoms with van der Waals surface area (Å²) in [6.07, 6.45) is 0. The van der Waals surface area contributed by atoms with E-state index in [1.165, 1.54) is 0 Å². The molecular formula is C10H8N4O. The van der Waals surface area contributed by atoms with E-state index >= 15 is 0 Å². The number of fused-ring (bicyclic) bond motifs is 1. The highest BCUT2D eigenvalue weighted by molar-refractivity contribution is 5.99. The lowest BCUT2D eigenvalue weighted by molar-refractivity contribution is 0.0993. The second-order valence-electron chi connectivity index (χ2n) is 3.14. The molecule has 1 amide bonds. The van der Waals surface area contributed by atoms with Crippen LogP contribution in [-0.4, -0.2) is 10.5 Å². The Bertz CT molecular complexity index is 578. The van der Waals surface area contributed by atoms with E-state index in [2.05, 4.69) is 10.0 Å². The van der Waals surface area contributed by atoms with Crippen molar-refractivity contribution in [1.82, 2.24) is 4.57 Å². The highest BCUT2D eigenvalue weighted by atomic mass is 16.1. The van der Waals surface area contributed by atoms with Gasteiger partial charge >= 0.3 is 0 Å². The Morgan fingerprint density at radius 1 is 1.47 bits per heavy atom. The average molecular weight is 200 g/mol. The van der Waals surface area contributed by atoms with E-state index in [1.54, 1.807) is 17.7 Å². The normalized spacial score (nSPS) is 9.93. The summed E-state index contributed by atoms with van der Waals surface area (Å²) in [5.41, 5.74) is 9.53. The zero-order chi connectivity index (χ0) is 10.8. The third-order valence-corrected chi connectivity index (χ3v) is 2.31. The minimum atomic E-state index is -0.559. The first-order valence-electron chi connectivity index (χ1n) is 4.38. The summed E-state index contributed by atoms with van der Waals surface area (Å²) in [5, 5.41) is 4.03. The molecule has 0 spiro atoms. The van der Waals surface area contributed by atoms with Gasteiger partial charge < -0.3 is 4.57 Å². The molecule has 2 rings (SSSR count). The fourth-order valence-electron chi connectivity index (χ4n) is 1.59. The van der Waals surface area contributed by atoms with Gasteiger partial charge in [-0.2, -0.15) is 0 Å². The molecule has 0 bridgehead atoms. The Balaban J connectivity index is 2.68. The maximum Gasteiger partial charge on any atom is 0.265 e. The predicted octanol–water partition coefficient (Wildman–Crippen LogP) is 2.63. The largest absolute Gasteiger partial charge is 0.341 e. The number of aromatic nitrogens is 1. The van der Waals surface area contributed by atoms with Gasteiger partial charge in [0.15, 0.2) is 0 Å². The van der Waals surface area contributed by atoms with Crippen molar-refractivity contribution in [2.24, 2.45) is 12.2 Å². The first-order valence-corrected chi connectivity index (χ1v) is 4.38. The second kappa shape index (κ2) is 3.48. The first-order chi connectivity index (χ1) is 7.24. The Hall–Kier alpha value is -2.26. The van der Waals surface area contributed by atoms with Crippen molar-refractivity contribution >= 4 is 16.8 Å². The van der Waals surface area contributed by atoms with Gasteiger partial charge in [0.25, 0.3) is 5.91 Å². The third kappa shape index (κ3) is 1.45. The molecule has 0 N–H and O–H groups in total. The minimum absolute atomic E-state index is 0.397. The minimum Gasteiger partial charge on any atom is -0.341 e. The summed E-state index contributed by atoms with van der Waals surface area (Å²) >= 11 is 0. The van der Waals surface area contributed by atoms with Crippen LogP contribution in [0.2, 0.25) is 0 Å². The summed E-state index contributed by atoms with van der Waals surface area (Å²) in [6, 6.07) is 9.31. The van der Waals surface area contributed by atoms with E-state index in [0.717, 1.165) is 10.9 Å². The van der Waals surface area contributed by atoms with Crippen LogP contribution >= 0.6 is 0 Å². The van der Waals surface area contributed by atoms with E-state index < -0.39 is 5.91 Å². The molecule has 0 saturated heterocycles. The molecule has 0 aliphatic carbocycles. The summed E-state index contributed by atoms with van der Waals surface area (Å²) in [6.45, 7) is 0. The zero-order valence-electron chi connectivity index (χ0n) is 8.08. The fraction of sp³-hybridized carbons (Fsp3) is 0.100. The molecule has 0 unspecified atom stereocenters. The second-order valence-corrected chi connectivity index (χ2v) is 3.14. The van der Waals surface area contributed by atoms with Crippen molar-refractivity contribution in [3.8, 4) is 0 Å². The molecule has 0 radical (unpaired) electrons. The van der Waals surface area contributed by atoms with Crippen LogP contribution in [-0.2, 0) is 7.05 Å². The molecule has 5 heteroatoms. The van der Waals surface area contributed by atoms with E-state index in [-0.39, 0.29) is 0 Å². The number of amides is 1. The summed E-state index contributed by atoms with van der Waals surface area (Å²) in [4.78, 5) is 13.9. The number of azide groups is 1. The topological polar surface area (TPSA) is 70.8 Å². The van der Waals surface area contributed by atoms with Crippen LogP contribution < -0.4 is 0 Å². The smallest absolute Gasteiger partial charge is 0.265 e. The highest BCUT2D eigenvalue weighted by Gasteiger charge is 2.10. The van der Waals surface area contributed by atoms with Crippen LogP contribution in [0.1, 0.15) is 10.5 Å². The lowest BCUT2D eigenvalue weighted by Crippen LogP contribution is -2.01. The number of para-hydroxylation sites is 1. The number of carbonyl (C=O) groups is 1. The summed E-state index contributed by atoms with van der Waals surface area (Å²) in [7, 11) is 1.77. The van der Waals surface area contributed by atoms with Gasteiger partial charge in [0.05, 0.1) is 5.69 Å². The molecular weight excluding hydrogens is 192 g/mol. The van der Waals surface area contributed by atoms with Gasteiger partial charge in [-0.15, -0.1) is 0 Å². The van der Waals surface area contributed by atoms with Crippen molar-refractivity contribution in [2.45, 2.75) is 0 Å². The van der Waals surface area contributed by atoms with Gasteiger partial charge in [-0.1, -0.05) is 18.2 Å². The van der Waals surface area contributed by atoms with Crippen molar-refractivity contribution in [1.29, 1.82) is 0 Å². The Morgan fingerprint density at radius 3 is 2.87 bits per heavy atom. The average Bonchev–Trinajstić information content (AvgIpc) is 2.57. The summed E-state index contributed by atoms with van der Waals surface area (Å²) < 4.78 is 1.71. The van der Waals surface area contributed by atoms with E-state index in [9.17, 15) is 4.79 Å². The number of hydrogen-bond acceptors (Lipinski definition) is 1. The molecule has 2 aromatic rings. The standard InChI is InChI=1S/C10H8N4O/c1-14-8-5-3-2-4-7(8)6-9(14)10(15)12-13-11/h2-6H,1H3. The lowest BCUT2D eigenvalue weighted by Gasteiger charge is -1.98. The van der Waals surface area contributed by atoms with E-state index in [1.807, 2.05) is 24.3 Å². The fourth-order valence-corrected chi connectivity index (χ4v) is 1.59. The maximum absolute atomic E-state index is 11.4. The Labute approximate surface area is 85.6 Å². The van der Waals surface area contributed by atoms with Crippen LogP contribution in [0, 0.1) is 0 Å². The number of benzene rings is 1. The molecule has 0 saturated carbocycles. The van der Waals surface area contributed by atoms with Crippen LogP contribution in [0.25, 0.3) is 21.3 Å². The number of rotatable bonds is 1. The molecule has 5 nitrogen and oxygen atoms in total. The van der Waals surface area contributed by atoms with Gasteiger partial charge in [0.2, 0.25) is 0 Å². The molecule has 0 fully saturated rings. The van der Waals surface area contributed by atoms with Crippen LogP contribution in [0.5, 0.6) is 0 Å². The van der Waals surface area contributed by atoms with Crippen LogP contribution in [0.15, 0.2) is 35.4 Å². The maximum atomic E-state index is 11.4. The molecule has 15 heavy (non-hydrogen) atoms. The number of hydrogen-bond donors (Lipinski definition) is 0. The van der Waals surface area contributed by atoms with Gasteiger partial charge in [0, 0.05) is 22.9 Å². The molecule has 0 aliphatic heterocycles. The number of carbonyl (C=O) groups excluding carboxylic acids is 1. The molecule has 1 aromatic heterocycles. The highest BCUT2D eigenvalue weighted by Crippen LogP contribution is 2.18. The molecule has 74 valence electrons. The quantitative estimate of drug-likeness (QED) is 0.396. The Morgan fingerprint density at radius 2 is 2.20 bits per heavy atom.